The number of nitrogens with one attached hydrogen (secondary N) is 1. The van der Waals surface area contributed by atoms with E-state index in [1.807, 2.05) is 11.5 Å². The Kier molecular flexibility index (Phi) is 5.64. The molecule has 0 bridgehead atoms. The third-order valence-electron chi connectivity index (χ3n) is 6.31. The van der Waals surface area contributed by atoms with E-state index in [2.05, 4.69) is 15.3 Å². The van der Waals surface area contributed by atoms with Crippen molar-refractivity contribution in [2.45, 2.75) is 38.9 Å². The fourth-order valence-corrected chi connectivity index (χ4v) is 4.57. The van der Waals surface area contributed by atoms with Gasteiger partial charge in [-0.1, -0.05) is 13.8 Å². The number of hydrogen-bond acceptors (Lipinski definition) is 3. The monoisotopic (exact) mass is 452 g/mol. The van der Waals surface area contributed by atoms with Crippen LogP contribution in [0.5, 0.6) is 0 Å². The Morgan fingerprint density at radius 1 is 1.16 bits per heavy atom. The summed E-state index contributed by atoms with van der Waals surface area (Å²) in [6, 6.07) is 4.15. The van der Waals surface area contributed by atoms with Crippen LogP contribution in [0.1, 0.15) is 38.4 Å². The lowest BCUT2D eigenvalue weighted by Gasteiger charge is -2.22. The Balaban J connectivity index is 1.46. The number of carbonyl (C=O) groups is 1. The van der Waals surface area contributed by atoms with Crippen LogP contribution in [0.2, 0.25) is 0 Å². The zero-order valence-corrected chi connectivity index (χ0v) is 17.3. The predicted octanol–water partition coefficient (Wildman–Crippen LogP) is 5.59. The lowest BCUT2D eigenvalue weighted by Crippen LogP contribution is -2.28. The molecule has 0 spiro atoms. The molecule has 4 unspecified atom stereocenters. The predicted molar refractivity (Wildman–Crippen MR) is 108 cm³/mol. The number of benzene rings is 1. The van der Waals surface area contributed by atoms with Crippen LogP contribution >= 0.6 is 0 Å². The molecule has 4 rings (SSSR count). The number of alkyl halides is 3. The molecule has 2 aromatic heterocycles. The number of nitrogens with zero attached hydrogens (tertiary/aromatic N) is 3. The molecule has 10 heteroatoms. The maximum atomic E-state index is 13.7. The normalized spacial score (nSPS) is 22.3. The maximum absolute atomic E-state index is 13.7. The number of hydrogen-bond donors (Lipinski definition) is 1. The van der Waals surface area contributed by atoms with Crippen LogP contribution in [0.15, 0.2) is 36.8 Å². The second-order valence-corrected chi connectivity index (χ2v) is 8.38. The quantitative estimate of drug-likeness (QED) is 0.525. The van der Waals surface area contributed by atoms with E-state index >= 15 is 0 Å². The van der Waals surface area contributed by atoms with E-state index in [1.165, 1.54) is 6.07 Å². The topological polar surface area (TPSA) is 59.8 Å². The Morgan fingerprint density at radius 3 is 2.53 bits per heavy atom. The zero-order valence-electron chi connectivity index (χ0n) is 17.3. The molecule has 1 N–H and O–H groups in total. The van der Waals surface area contributed by atoms with E-state index in [0.717, 1.165) is 30.8 Å². The van der Waals surface area contributed by atoms with Crippen molar-refractivity contribution >= 4 is 22.6 Å². The molecule has 1 aromatic carbocycles. The van der Waals surface area contributed by atoms with Gasteiger partial charge in [0.1, 0.15) is 5.69 Å². The number of anilines is 1. The average Bonchev–Trinajstić information content (AvgIpc) is 3.30. The van der Waals surface area contributed by atoms with Gasteiger partial charge in [-0.05, 0) is 36.8 Å². The molecule has 0 aliphatic heterocycles. The van der Waals surface area contributed by atoms with Crippen molar-refractivity contribution in [1.82, 2.24) is 14.5 Å². The summed E-state index contributed by atoms with van der Waals surface area (Å²) in [6.07, 6.45) is -0.641. The van der Waals surface area contributed by atoms with Gasteiger partial charge in [0.05, 0.1) is 29.2 Å². The summed E-state index contributed by atoms with van der Waals surface area (Å²) >= 11 is 0. The summed E-state index contributed by atoms with van der Waals surface area (Å²) < 4.78 is 67.0. The van der Waals surface area contributed by atoms with Gasteiger partial charge in [0.15, 0.2) is 11.6 Å². The van der Waals surface area contributed by atoms with E-state index in [-0.39, 0.29) is 29.5 Å². The van der Waals surface area contributed by atoms with E-state index in [1.54, 1.807) is 13.3 Å². The summed E-state index contributed by atoms with van der Waals surface area (Å²) in [4.78, 5) is 20.3. The Labute approximate surface area is 180 Å². The van der Waals surface area contributed by atoms with Crippen LogP contribution in [-0.2, 0) is 11.0 Å². The van der Waals surface area contributed by atoms with Gasteiger partial charge < -0.3 is 9.88 Å². The van der Waals surface area contributed by atoms with Crippen LogP contribution in [0.25, 0.3) is 11.0 Å². The Hall–Kier alpha value is -3.04. The Bertz CT molecular complexity index is 1140. The number of aromatic nitrogens is 3. The van der Waals surface area contributed by atoms with Gasteiger partial charge in [-0.2, -0.15) is 13.2 Å². The second-order valence-electron chi connectivity index (χ2n) is 8.38. The van der Waals surface area contributed by atoms with Gasteiger partial charge in [0.2, 0.25) is 5.91 Å². The molecular formula is C22H21F5N4O. The minimum Gasteiger partial charge on any atom is -0.327 e. The van der Waals surface area contributed by atoms with Gasteiger partial charge in [-0.3, -0.25) is 4.79 Å². The van der Waals surface area contributed by atoms with Gasteiger partial charge in [0.25, 0.3) is 0 Å². The molecule has 3 aromatic rings. The van der Waals surface area contributed by atoms with E-state index in [4.69, 9.17) is 0 Å². The third kappa shape index (κ3) is 4.18. The number of imidazole rings is 1. The highest BCUT2D eigenvalue weighted by Gasteiger charge is 2.39. The summed E-state index contributed by atoms with van der Waals surface area (Å²) in [5.41, 5.74) is 0.0186. The van der Waals surface area contributed by atoms with E-state index < -0.39 is 29.4 Å². The first-order valence-corrected chi connectivity index (χ1v) is 10.2. The lowest BCUT2D eigenvalue weighted by atomic mass is 9.85. The largest absolute Gasteiger partial charge is 0.433 e. The van der Waals surface area contributed by atoms with Crippen LogP contribution in [0, 0.1) is 29.4 Å². The fraction of sp³-hybridized carbons (Fsp3) is 0.409. The molecule has 1 aliphatic rings. The number of fused-ring (bicyclic) bond motifs is 1. The van der Waals surface area contributed by atoms with Gasteiger partial charge in [0, 0.05) is 24.1 Å². The highest BCUT2D eigenvalue weighted by molar-refractivity contribution is 5.92. The Morgan fingerprint density at radius 2 is 1.88 bits per heavy atom. The summed E-state index contributed by atoms with van der Waals surface area (Å²) in [7, 11) is 0. The summed E-state index contributed by atoms with van der Waals surface area (Å²) in [5, 5.41) is 2.63. The minimum atomic E-state index is -4.55. The zero-order chi connectivity index (χ0) is 23.2. The molecule has 1 fully saturated rings. The molecule has 32 heavy (non-hydrogen) atoms. The lowest BCUT2D eigenvalue weighted by molar-refractivity contribution is -0.141. The summed E-state index contributed by atoms with van der Waals surface area (Å²) in [5.74, 6) is -2.48. The first kappa shape index (κ1) is 22.2. The molecule has 1 saturated carbocycles. The van der Waals surface area contributed by atoms with Crippen molar-refractivity contribution in [3.8, 4) is 0 Å². The molecule has 170 valence electrons. The van der Waals surface area contributed by atoms with Gasteiger partial charge >= 0.3 is 6.18 Å². The van der Waals surface area contributed by atoms with Crippen LogP contribution in [0.3, 0.4) is 0 Å². The smallest absolute Gasteiger partial charge is 0.327 e. The van der Waals surface area contributed by atoms with Crippen molar-refractivity contribution in [3.05, 3.63) is 54.1 Å². The molecule has 2 heterocycles. The molecule has 0 saturated heterocycles. The molecule has 0 radical (unpaired) electrons. The van der Waals surface area contributed by atoms with Crippen molar-refractivity contribution < 1.29 is 26.7 Å². The van der Waals surface area contributed by atoms with Crippen LogP contribution in [0.4, 0.5) is 27.6 Å². The number of halogens is 5. The summed E-state index contributed by atoms with van der Waals surface area (Å²) in [6.45, 7) is 3.80. The van der Waals surface area contributed by atoms with Crippen molar-refractivity contribution in [1.29, 1.82) is 0 Å². The molecule has 5 nitrogen and oxygen atoms in total. The fourth-order valence-electron chi connectivity index (χ4n) is 4.57. The van der Waals surface area contributed by atoms with Crippen LogP contribution in [-0.4, -0.2) is 20.4 Å². The first-order chi connectivity index (χ1) is 15.0. The van der Waals surface area contributed by atoms with E-state index in [9.17, 15) is 26.7 Å². The van der Waals surface area contributed by atoms with E-state index in [0.29, 0.717) is 17.5 Å². The average molecular weight is 452 g/mol. The highest BCUT2D eigenvalue weighted by atomic mass is 19.4. The number of pyridine rings is 1. The highest BCUT2D eigenvalue weighted by Crippen LogP contribution is 2.44. The molecule has 1 amide bonds. The molecule has 1 aliphatic carbocycles. The first-order valence-electron chi connectivity index (χ1n) is 10.2. The van der Waals surface area contributed by atoms with Gasteiger partial charge in [-0.15, -0.1) is 0 Å². The van der Waals surface area contributed by atoms with Crippen molar-refractivity contribution in [2.24, 2.45) is 17.8 Å². The number of carbonyl (C=O) groups excluding carboxylic acids is 1. The standard InChI is InChI=1S/C22H21F5N4O/c1-11-5-14(31-10-29-18-7-16(23)17(24)8-19(18)31)6-15(11)12(2)21(32)30-13-3-4-20(28-9-13)22(25,26)27/h3-4,7-12,14-15H,5-6H2,1-2H3,(H,30,32). The minimum absolute atomic E-state index is 0.00912. The van der Waals surface area contributed by atoms with Crippen molar-refractivity contribution in [3.63, 3.8) is 0 Å². The molecular weight excluding hydrogens is 431 g/mol. The third-order valence-corrected chi connectivity index (χ3v) is 6.31. The SMILES string of the molecule is CC1CC(n2cnc3cc(F)c(F)cc32)CC1C(C)C(=O)Nc1ccc(C(F)(F)F)nc1. The second kappa shape index (κ2) is 8.14. The molecule has 4 atom stereocenters. The van der Waals surface area contributed by atoms with Crippen LogP contribution < -0.4 is 5.32 Å². The maximum Gasteiger partial charge on any atom is 0.433 e. The van der Waals surface area contributed by atoms with Crippen molar-refractivity contribution in [2.75, 3.05) is 5.32 Å². The number of amides is 1. The number of rotatable bonds is 4. The van der Waals surface area contributed by atoms with Gasteiger partial charge in [-0.25, -0.2) is 18.7 Å².